The number of hydrogen-bond donors (Lipinski definition) is 2. The summed E-state index contributed by atoms with van der Waals surface area (Å²) in [5.41, 5.74) is 0.738. The normalized spacial score (nSPS) is 14.2. The third-order valence-electron chi connectivity index (χ3n) is 5.40. The van der Waals surface area contributed by atoms with Crippen LogP contribution in [-0.2, 0) is 13.1 Å². The van der Waals surface area contributed by atoms with Crippen molar-refractivity contribution in [2.75, 3.05) is 0 Å². The van der Waals surface area contributed by atoms with Gasteiger partial charge in [0, 0.05) is 30.9 Å². The molecule has 8 nitrogen and oxygen atoms in total. The second-order valence-corrected chi connectivity index (χ2v) is 7.45. The zero-order valence-corrected chi connectivity index (χ0v) is 16.8. The predicted octanol–water partition coefficient (Wildman–Crippen LogP) is 2.36. The van der Waals surface area contributed by atoms with Crippen molar-refractivity contribution >= 4 is 16.8 Å². The molecule has 0 spiro atoms. The van der Waals surface area contributed by atoms with Crippen LogP contribution in [0.2, 0.25) is 0 Å². The molecule has 3 aromatic rings. The Kier molecular flexibility index (Phi) is 5.65. The molecule has 0 unspecified atom stereocenters. The van der Waals surface area contributed by atoms with Gasteiger partial charge in [-0.2, -0.15) is 0 Å². The Labute approximate surface area is 172 Å². The number of benzene rings is 1. The molecular formula is C22H24N4O4. The zero-order valence-electron chi connectivity index (χ0n) is 16.8. The number of aromatic nitrogens is 3. The van der Waals surface area contributed by atoms with E-state index in [0.29, 0.717) is 28.9 Å². The lowest BCUT2D eigenvalue weighted by Gasteiger charge is -2.13. The second kappa shape index (κ2) is 8.52. The molecule has 0 radical (unpaired) electrons. The van der Waals surface area contributed by atoms with Crippen LogP contribution in [0.25, 0.3) is 10.9 Å². The molecule has 30 heavy (non-hydrogen) atoms. The third-order valence-corrected chi connectivity index (χ3v) is 5.40. The minimum absolute atomic E-state index is 0.222. The van der Waals surface area contributed by atoms with Crippen LogP contribution in [0.5, 0.6) is 5.88 Å². The highest BCUT2D eigenvalue weighted by Gasteiger charge is 2.17. The molecule has 2 heterocycles. The number of carbonyl (C=O) groups is 1. The number of rotatable bonds is 6. The van der Waals surface area contributed by atoms with Crippen molar-refractivity contribution in [2.24, 2.45) is 0 Å². The summed E-state index contributed by atoms with van der Waals surface area (Å²) in [4.78, 5) is 43.9. The highest BCUT2D eigenvalue weighted by atomic mass is 16.5. The average Bonchev–Trinajstić information content (AvgIpc) is 3.25. The van der Waals surface area contributed by atoms with E-state index >= 15 is 0 Å². The average molecular weight is 408 g/mol. The van der Waals surface area contributed by atoms with Crippen LogP contribution in [-0.4, -0.2) is 26.5 Å². The summed E-state index contributed by atoms with van der Waals surface area (Å²) >= 11 is 0. The smallest absolute Gasteiger partial charge is 0.328 e. The number of aromatic amines is 1. The van der Waals surface area contributed by atoms with Gasteiger partial charge in [-0.05, 0) is 62.4 Å². The van der Waals surface area contributed by atoms with Gasteiger partial charge in [0.2, 0.25) is 5.88 Å². The summed E-state index contributed by atoms with van der Waals surface area (Å²) in [7, 11) is 0. The van der Waals surface area contributed by atoms with E-state index < -0.39 is 5.69 Å². The highest BCUT2D eigenvalue weighted by molar-refractivity contribution is 5.97. The van der Waals surface area contributed by atoms with Crippen molar-refractivity contribution in [3.63, 3.8) is 0 Å². The van der Waals surface area contributed by atoms with E-state index in [1.54, 1.807) is 25.3 Å². The number of hydrogen-bond acceptors (Lipinski definition) is 5. The largest absolute Gasteiger partial charge is 0.474 e. The molecular weight excluding hydrogens is 384 g/mol. The number of H-pyrrole nitrogens is 1. The first-order valence-corrected chi connectivity index (χ1v) is 10.2. The topological polar surface area (TPSA) is 106 Å². The van der Waals surface area contributed by atoms with Crippen molar-refractivity contribution < 1.29 is 9.53 Å². The number of fused-ring (bicyclic) bond motifs is 1. The van der Waals surface area contributed by atoms with Crippen LogP contribution in [0.15, 0.2) is 46.1 Å². The Hall–Kier alpha value is -3.42. The van der Waals surface area contributed by atoms with Crippen LogP contribution in [0, 0.1) is 0 Å². The highest BCUT2D eigenvalue weighted by Crippen LogP contribution is 2.23. The Morgan fingerprint density at radius 3 is 2.80 bits per heavy atom. The third kappa shape index (κ3) is 4.12. The van der Waals surface area contributed by atoms with Gasteiger partial charge in [-0.25, -0.2) is 9.78 Å². The first-order chi connectivity index (χ1) is 14.5. The summed E-state index contributed by atoms with van der Waals surface area (Å²) in [6, 6.07) is 8.33. The summed E-state index contributed by atoms with van der Waals surface area (Å²) in [6.07, 6.45) is 6.37. The zero-order chi connectivity index (χ0) is 21.1. The number of nitrogens with zero attached hydrogens (tertiary/aromatic N) is 2. The van der Waals surface area contributed by atoms with Gasteiger partial charge in [-0.1, -0.05) is 0 Å². The summed E-state index contributed by atoms with van der Waals surface area (Å²) in [6.45, 7) is 2.33. The molecule has 1 aliphatic carbocycles. The first-order valence-electron chi connectivity index (χ1n) is 10.2. The van der Waals surface area contributed by atoms with Gasteiger partial charge >= 0.3 is 5.69 Å². The van der Waals surface area contributed by atoms with Crippen LogP contribution >= 0.6 is 0 Å². The predicted molar refractivity (Wildman–Crippen MR) is 113 cm³/mol. The molecule has 8 heteroatoms. The number of nitrogens with one attached hydrogen (secondary N) is 2. The van der Waals surface area contributed by atoms with Crippen LogP contribution < -0.4 is 21.3 Å². The quantitative estimate of drug-likeness (QED) is 0.651. The van der Waals surface area contributed by atoms with E-state index in [-0.39, 0.29) is 24.1 Å². The van der Waals surface area contributed by atoms with E-state index in [4.69, 9.17) is 4.74 Å². The number of ether oxygens (including phenoxy) is 1. The SMILES string of the molecule is CCn1c(=O)[nH]c2cc(C(=O)NCc3ccnc(OC4CCCC4)c3)ccc2c1=O. The standard InChI is InChI=1S/C22H24N4O4/c1-2-26-21(28)17-8-7-15(12-18(17)25-22(26)29)20(27)24-13-14-9-10-23-19(11-14)30-16-5-3-4-6-16/h7-12,16H,2-6,13H2,1H3,(H,24,27)(H,25,29). The molecule has 4 rings (SSSR count). The minimum atomic E-state index is -0.487. The molecule has 0 atom stereocenters. The molecule has 0 aliphatic heterocycles. The Morgan fingerprint density at radius 2 is 2.03 bits per heavy atom. The van der Waals surface area contributed by atoms with Gasteiger partial charge in [-0.15, -0.1) is 0 Å². The fourth-order valence-electron chi connectivity index (χ4n) is 3.77. The maximum Gasteiger partial charge on any atom is 0.328 e. The molecule has 1 fully saturated rings. The van der Waals surface area contributed by atoms with Gasteiger partial charge in [0.1, 0.15) is 6.10 Å². The summed E-state index contributed by atoms with van der Waals surface area (Å²) in [5, 5.41) is 3.23. The van der Waals surface area contributed by atoms with Crippen molar-refractivity contribution in [1.29, 1.82) is 0 Å². The summed E-state index contributed by atoms with van der Waals surface area (Å²) in [5.74, 6) is 0.275. The molecule has 2 N–H and O–H groups in total. The molecule has 0 saturated heterocycles. The van der Waals surface area contributed by atoms with Crippen LogP contribution in [0.4, 0.5) is 0 Å². The molecule has 1 saturated carbocycles. The molecule has 156 valence electrons. The Bertz CT molecular complexity index is 1190. The van der Waals surface area contributed by atoms with Gasteiger partial charge in [0.25, 0.3) is 11.5 Å². The van der Waals surface area contributed by atoms with Crippen molar-refractivity contribution in [2.45, 2.75) is 51.8 Å². The minimum Gasteiger partial charge on any atom is -0.474 e. The van der Waals surface area contributed by atoms with Gasteiger partial charge in [0.15, 0.2) is 0 Å². The molecule has 1 aromatic carbocycles. The van der Waals surface area contributed by atoms with Crippen molar-refractivity contribution in [1.82, 2.24) is 19.9 Å². The lowest BCUT2D eigenvalue weighted by molar-refractivity contribution is 0.0951. The Morgan fingerprint density at radius 1 is 1.23 bits per heavy atom. The molecule has 0 bridgehead atoms. The fourth-order valence-corrected chi connectivity index (χ4v) is 3.77. The fraction of sp³-hybridized carbons (Fsp3) is 0.364. The monoisotopic (exact) mass is 408 g/mol. The lowest BCUT2D eigenvalue weighted by atomic mass is 10.1. The van der Waals surface area contributed by atoms with Gasteiger partial charge in [0.05, 0.1) is 10.9 Å². The molecule has 1 aliphatic rings. The molecule has 2 aromatic heterocycles. The van der Waals surface area contributed by atoms with Gasteiger partial charge in [-0.3, -0.25) is 14.2 Å². The van der Waals surface area contributed by atoms with E-state index in [1.165, 1.54) is 18.9 Å². The number of amides is 1. The van der Waals surface area contributed by atoms with E-state index in [2.05, 4.69) is 15.3 Å². The number of carbonyl (C=O) groups excluding carboxylic acids is 1. The summed E-state index contributed by atoms with van der Waals surface area (Å²) < 4.78 is 7.03. The Balaban J connectivity index is 1.47. The van der Waals surface area contributed by atoms with Gasteiger partial charge < -0.3 is 15.0 Å². The maximum absolute atomic E-state index is 12.6. The van der Waals surface area contributed by atoms with Crippen molar-refractivity contribution in [3.05, 3.63) is 68.5 Å². The second-order valence-electron chi connectivity index (χ2n) is 7.45. The van der Waals surface area contributed by atoms with E-state index in [0.717, 1.165) is 23.0 Å². The first kappa shape index (κ1) is 19.9. The van der Waals surface area contributed by atoms with Crippen molar-refractivity contribution in [3.8, 4) is 5.88 Å². The van der Waals surface area contributed by atoms with Crippen LogP contribution in [0.1, 0.15) is 48.5 Å². The van der Waals surface area contributed by atoms with E-state index in [1.807, 2.05) is 12.1 Å². The maximum atomic E-state index is 12.6. The van der Waals surface area contributed by atoms with Crippen LogP contribution in [0.3, 0.4) is 0 Å². The molecule has 1 amide bonds. The van der Waals surface area contributed by atoms with E-state index in [9.17, 15) is 14.4 Å². The lowest BCUT2D eigenvalue weighted by Crippen LogP contribution is -2.34. The number of pyridine rings is 1.